The Balaban J connectivity index is 2.01. The van der Waals surface area contributed by atoms with Crippen molar-refractivity contribution in [3.8, 4) is 0 Å². The van der Waals surface area contributed by atoms with Crippen molar-refractivity contribution in [3.05, 3.63) is 63.9 Å². The third-order valence-electron chi connectivity index (χ3n) is 2.92. The van der Waals surface area contributed by atoms with Crippen molar-refractivity contribution in [2.24, 2.45) is 0 Å². The Morgan fingerprint density at radius 2 is 2.05 bits per heavy atom. The number of nitrogens with zero attached hydrogens (tertiary/aromatic N) is 4. The van der Waals surface area contributed by atoms with Gasteiger partial charge in [-0.05, 0) is 35.9 Å². The van der Waals surface area contributed by atoms with E-state index in [-0.39, 0.29) is 0 Å². The van der Waals surface area contributed by atoms with E-state index in [2.05, 4.69) is 14.8 Å². The van der Waals surface area contributed by atoms with Crippen LogP contribution in [0, 0.1) is 6.57 Å². The number of halogens is 2. The molecule has 0 fully saturated rings. The fourth-order valence-electron chi connectivity index (χ4n) is 1.96. The van der Waals surface area contributed by atoms with Crippen LogP contribution in [-0.4, -0.2) is 14.5 Å². The zero-order chi connectivity index (χ0) is 14.1. The van der Waals surface area contributed by atoms with Gasteiger partial charge in [-0.3, -0.25) is 4.98 Å². The van der Waals surface area contributed by atoms with Gasteiger partial charge in [0.25, 0.3) is 0 Å². The highest BCUT2D eigenvalue weighted by molar-refractivity contribution is 6.31. The smallest absolute Gasteiger partial charge is 0.205 e. The molecule has 0 atom stereocenters. The summed E-state index contributed by atoms with van der Waals surface area (Å²) >= 11 is 12.1. The second-order valence-electron chi connectivity index (χ2n) is 4.22. The highest BCUT2D eigenvalue weighted by atomic mass is 35.5. The maximum atomic E-state index is 6.91. The molecule has 0 aliphatic rings. The highest BCUT2D eigenvalue weighted by Crippen LogP contribution is 2.24. The van der Waals surface area contributed by atoms with Crippen LogP contribution in [0.5, 0.6) is 0 Å². The van der Waals surface area contributed by atoms with Gasteiger partial charge in [0.1, 0.15) is 0 Å². The van der Waals surface area contributed by atoms with Gasteiger partial charge >= 0.3 is 0 Å². The number of benzene rings is 1. The van der Waals surface area contributed by atoms with E-state index in [1.54, 1.807) is 24.4 Å². The number of aromatic nitrogens is 3. The quantitative estimate of drug-likeness (QED) is 0.660. The first kappa shape index (κ1) is 12.9. The molecular formula is C14H8Cl2N4. The Labute approximate surface area is 125 Å². The lowest BCUT2D eigenvalue weighted by molar-refractivity contribution is 0.799. The zero-order valence-electron chi connectivity index (χ0n) is 10.2. The molecule has 2 heterocycles. The van der Waals surface area contributed by atoms with Crippen LogP contribution in [0.1, 0.15) is 5.69 Å². The molecule has 0 amide bonds. The lowest BCUT2D eigenvalue weighted by atomic mass is 10.3. The number of hydrogen-bond donors (Lipinski definition) is 0. The van der Waals surface area contributed by atoms with Crippen molar-refractivity contribution in [3.63, 3.8) is 0 Å². The van der Waals surface area contributed by atoms with Crippen LogP contribution in [0.2, 0.25) is 10.3 Å². The molecule has 2 aromatic heterocycles. The number of pyridine rings is 1. The van der Waals surface area contributed by atoms with Gasteiger partial charge in [-0.1, -0.05) is 17.7 Å². The minimum Gasteiger partial charge on any atom is -0.309 e. The Hall–Kier alpha value is -2.09. The Morgan fingerprint density at radius 3 is 2.75 bits per heavy atom. The molecule has 20 heavy (non-hydrogen) atoms. The van der Waals surface area contributed by atoms with Gasteiger partial charge in [-0.25, -0.2) is 9.83 Å². The molecular weight excluding hydrogens is 295 g/mol. The standard InChI is InChI=1S/C14H8Cl2N4/c1-17-10-3-4-11(18-7-10)8-20-13-5-2-9(15)6-12(13)19-14(20)16/h2-7H,8H2. The summed E-state index contributed by atoms with van der Waals surface area (Å²) in [7, 11) is 0. The van der Waals surface area contributed by atoms with Crippen LogP contribution in [0.3, 0.4) is 0 Å². The normalized spacial score (nSPS) is 10.7. The van der Waals surface area contributed by atoms with E-state index in [4.69, 9.17) is 29.8 Å². The maximum Gasteiger partial charge on any atom is 0.205 e. The van der Waals surface area contributed by atoms with Crippen molar-refractivity contribution >= 4 is 39.9 Å². The summed E-state index contributed by atoms with van der Waals surface area (Å²) < 4.78 is 1.85. The molecule has 0 N–H and O–H groups in total. The SMILES string of the molecule is [C-]#[N+]c1ccc(Cn2c(Cl)nc3cc(Cl)ccc32)nc1. The molecule has 98 valence electrons. The van der Waals surface area contributed by atoms with Gasteiger partial charge < -0.3 is 4.57 Å². The number of fused-ring (bicyclic) bond motifs is 1. The summed E-state index contributed by atoms with van der Waals surface area (Å²) in [4.78, 5) is 11.8. The van der Waals surface area contributed by atoms with E-state index in [0.717, 1.165) is 16.7 Å². The van der Waals surface area contributed by atoms with Crippen molar-refractivity contribution in [1.82, 2.24) is 14.5 Å². The molecule has 0 radical (unpaired) electrons. The topological polar surface area (TPSA) is 35.1 Å². The van der Waals surface area contributed by atoms with Crippen LogP contribution >= 0.6 is 23.2 Å². The molecule has 0 spiro atoms. The van der Waals surface area contributed by atoms with Crippen molar-refractivity contribution in [2.75, 3.05) is 0 Å². The maximum absolute atomic E-state index is 6.91. The third kappa shape index (κ3) is 2.34. The lowest BCUT2D eigenvalue weighted by Gasteiger charge is -2.05. The van der Waals surface area contributed by atoms with Crippen LogP contribution in [0.4, 0.5) is 5.69 Å². The van der Waals surface area contributed by atoms with E-state index in [0.29, 0.717) is 22.5 Å². The van der Waals surface area contributed by atoms with Gasteiger partial charge in [0.15, 0.2) is 0 Å². The first-order chi connectivity index (χ1) is 9.67. The highest BCUT2D eigenvalue weighted by Gasteiger charge is 2.10. The third-order valence-corrected chi connectivity index (χ3v) is 3.45. The predicted octanol–water partition coefficient (Wildman–Crippen LogP) is 4.34. The van der Waals surface area contributed by atoms with E-state index < -0.39 is 0 Å². The number of imidazole rings is 1. The van der Waals surface area contributed by atoms with Crippen LogP contribution in [0.25, 0.3) is 15.9 Å². The Bertz CT molecular complexity index is 816. The Morgan fingerprint density at radius 1 is 1.20 bits per heavy atom. The van der Waals surface area contributed by atoms with Gasteiger partial charge in [0, 0.05) is 11.2 Å². The Kier molecular flexibility index (Phi) is 3.31. The van der Waals surface area contributed by atoms with Crippen LogP contribution in [-0.2, 0) is 6.54 Å². The fourth-order valence-corrected chi connectivity index (χ4v) is 2.37. The van der Waals surface area contributed by atoms with E-state index >= 15 is 0 Å². The fraction of sp³-hybridized carbons (Fsp3) is 0.0714. The van der Waals surface area contributed by atoms with Crippen molar-refractivity contribution in [1.29, 1.82) is 0 Å². The molecule has 6 heteroatoms. The molecule has 0 saturated heterocycles. The first-order valence-corrected chi connectivity index (χ1v) is 6.56. The molecule has 0 unspecified atom stereocenters. The van der Waals surface area contributed by atoms with Gasteiger partial charge in [-0.15, -0.1) is 0 Å². The molecule has 0 aliphatic carbocycles. The molecule has 0 bridgehead atoms. The summed E-state index contributed by atoms with van der Waals surface area (Å²) in [5.74, 6) is 0. The summed E-state index contributed by atoms with van der Waals surface area (Å²) in [5.41, 5.74) is 2.98. The van der Waals surface area contributed by atoms with Gasteiger partial charge in [0.05, 0.1) is 29.8 Å². The van der Waals surface area contributed by atoms with Crippen LogP contribution < -0.4 is 0 Å². The second-order valence-corrected chi connectivity index (χ2v) is 4.99. The first-order valence-electron chi connectivity index (χ1n) is 5.81. The van der Waals surface area contributed by atoms with Crippen LogP contribution in [0.15, 0.2) is 36.5 Å². The summed E-state index contributed by atoms with van der Waals surface area (Å²) in [6, 6.07) is 9.00. The molecule has 3 rings (SSSR count). The lowest BCUT2D eigenvalue weighted by Crippen LogP contribution is -2.01. The molecule has 3 aromatic rings. The van der Waals surface area contributed by atoms with E-state index in [9.17, 15) is 0 Å². The van der Waals surface area contributed by atoms with E-state index in [1.165, 1.54) is 0 Å². The van der Waals surface area contributed by atoms with E-state index in [1.807, 2.05) is 16.7 Å². The summed E-state index contributed by atoms with van der Waals surface area (Å²) in [6.45, 7) is 7.40. The minimum atomic E-state index is 0.387. The van der Waals surface area contributed by atoms with Gasteiger partial charge in [0.2, 0.25) is 11.0 Å². The average molecular weight is 303 g/mol. The second kappa shape index (κ2) is 5.12. The predicted molar refractivity (Wildman–Crippen MR) is 79.4 cm³/mol. The van der Waals surface area contributed by atoms with Crippen molar-refractivity contribution in [2.45, 2.75) is 6.54 Å². The van der Waals surface area contributed by atoms with Gasteiger partial charge in [-0.2, -0.15) is 0 Å². The number of hydrogen-bond acceptors (Lipinski definition) is 2. The minimum absolute atomic E-state index is 0.387. The summed E-state index contributed by atoms with van der Waals surface area (Å²) in [5, 5.41) is 1.01. The average Bonchev–Trinajstić information content (AvgIpc) is 2.75. The van der Waals surface area contributed by atoms with Crippen molar-refractivity contribution < 1.29 is 0 Å². The molecule has 0 saturated carbocycles. The molecule has 0 aliphatic heterocycles. The number of rotatable bonds is 2. The molecule has 1 aromatic carbocycles. The zero-order valence-corrected chi connectivity index (χ0v) is 11.7. The summed E-state index contributed by atoms with van der Waals surface area (Å²) in [6.07, 6.45) is 1.55. The molecule has 4 nitrogen and oxygen atoms in total. The largest absolute Gasteiger partial charge is 0.309 e. The monoisotopic (exact) mass is 302 g/mol.